The van der Waals surface area contributed by atoms with Crippen molar-refractivity contribution in [1.82, 2.24) is 4.37 Å². The smallest absolute Gasteiger partial charge is 0.316 e. The molecule has 3 aromatic rings. The summed E-state index contributed by atoms with van der Waals surface area (Å²) in [5, 5.41) is 15.0. The number of esters is 1. The lowest BCUT2D eigenvalue weighted by molar-refractivity contribution is -0.944. The molecule has 2 aliphatic rings. The van der Waals surface area contributed by atoms with Gasteiger partial charge >= 0.3 is 5.97 Å². The van der Waals surface area contributed by atoms with Crippen molar-refractivity contribution in [3.8, 4) is 0 Å². The Balaban J connectivity index is 1.34. The van der Waals surface area contributed by atoms with Gasteiger partial charge in [-0.05, 0) is 66.0 Å². The van der Waals surface area contributed by atoms with Crippen LogP contribution in [0, 0.1) is 16.7 Å². The summed E-state index contributed by atoms with van der Waals surface area (Å²) in [4.78, 5) is 15.9. The summed E-state index contributed by atoms with van der Waals surface area (Å²) in [6.07, 6.45) is 0.776. The largest absolute Gasteiger partial charge is 0.415 e. The summed E-state index contributed by atoms with van der Waals surface area (Å²) in [6, 6.07) is 12.4. The second-order valence-corrected chi connectivity index (χ2v) is 14.8. The minimum atomic E-state index is -0.597. The zero-order valence-electron chi connectivity index (χ0n) is 25.2. The van der Waals surface area contributed by atoms with Crippen molar-refractivity contribution in [2.75, 3.05) is 49.7 Å². The van der Waals surface area contributed by atoms with E-state index in [1.165, 1.54) is 10.1 Å². The topological polar surface area (TPSA) is 74.7 Å². The van der Waals surface area contributed by atoms with Gasteiger partial charge in [-0.15, -0.1) is 0 Å². The van der Waals surface area contributed by atoms with Gasteiger partial charge < -0.3 is 20.1 Å². The molecule has 2 aromatic carbocycles. The molecule has 3 heterocycles. The van der Waals surface area contributed by atoms with Crippen molar-refractivity contribution in [3.63, 3.8) is 0 Å². The van der Waals surface area contributed by atoms with Crippen LogP contribution in [0.15, 0.2) is 36.4 Å². The fourth-order valence-corrected chi connectivity index (χ4v) is 7.27. The third-order valence-corrected chi connectivity index (χ3v) is 10.8. The Morgan fingerprint density at radius 3 is 2.63 bits per heavy atom. The molecule has 2 aliphatic heterocycles. The third kappa shape index (κ3) is 6.21. The number of aliphatic hydroxyl groups is 1. The van der Waals surface area contributed by atoms with Gasteiger partial charge in [-0.25, -0.2) is 0 Å². The van der Waals surface area contributed by atoms with Gasteiger partial charge in [-0.1, -0.05) is 57.5 Å². The van der Waals surface area contributed by atoms with Crippen molar-refractivity contribution >= 4 is 50.7 Å². The van der Waals surface area contributed by atoms with Crippen molar-refractivity contribution < 1.29 is 19.1 Å². The highest BCUT2D eigenvalue weighted by Gasteiger charge is 2.43. The number of nitrogens with zero attached hydrogens (tertiary/aromatic N) is 3. The number of anilines is 2. The predicted octanol–water partition coefficient (Wildman–Crippen LogP) is 6.32. The highest BCUT2D eigenvalue weighted by molar-refractivity contribution is 7.13. The molecule has 5 rings (SSSR count). The molecule has 2 atom stereocenters. The summed E-state index contributed by atoms with van der Waals surface area (Å²) in [5.74, 6) is 1.06. The summed E-state index contributed by atoms with van der Waals surface area (Å²) >= 11 is 8.24. The molecular weight excluding hydrogens is 556 g/mol. The number of nitrogens with one attached hydrogen (secondary N) is 1. The maximum absolute atomic E-state index is 13.5. The number of piperazine rings is 1. The average molecular weight is 600 g/mol. The van der Waals surface area contributed by atoms with Crippen LogP contribution in [-0.2, 0) is 22.4 Å². The first-order valence-corrected chi connectivity index (χ1v) is 15.8. The van der Waals surface area contributed by atoms with Gasteiger partial charge in [-0.3, -0.25) is 9.28 Å². The molecule has 0 aliphatic carbocycles. The monoisotopic (exact) mass is 599 g/mol. The maximum Gasteiger partial charge on any atom is 0.316 e. The Labute approximate surface area is 253 Å². The van der Waals surface area contributed by atoms with Crippen molar-refractivity contribution in [2.24, 2.45) is 16.7 Å². The molecule has 0 spiro atoms. The summed E-state index contributed by atoms with van der Waals surface area (Å²) in [7, 11) is 0. The number of fused-ring (bicyclic) bond motifs is 2. The zero-order chi connectivity index (χ0) is 29.6. The van der Waals surface area contributed by atoms with E-state index in [-0.39, 0.29) is 17.3 Å². The van der Waals surface area contributed by atoms with Crippen molar-refractivity contribution in [1.29, 1.82) is 0 Å². The van der Waals surface area contributed by atoms with Crippen LogP contribution < -0.4 is 10.2 Å². The molecule has 222 valence electrons. The lowest BCUT2D eigenvalue weighted by Gasteiger charge is -2.45. The number of hydrogen-bond acceptors (Lipinski definition) is 7. The fraction of sp³-hybridized carbons (Fsp3) is 0.562. The average Bonchev–Trinajstić information content (AvgIpc) is 3.52. The molecule has 7 nitrogen and oxygen atoms in total. The van der Waals surface area contributed by atoms with E-state index in [1.54, 1.807) is 11.5 Å². The van der Waals surface area contributed by atoms with Crippen LogP contribution in [0.5, 0.6) is 0 Å². The SMILES string of the molecule is CC(C(C)(C)C)C(C)(C)C(=O)OC[N+]1(CCc2cc3c(cc2Cl)NC(O)C3)CCN(c2nsc3ccccc23)CC1. The van der Waals surface area contributed by atoms with Gasteiger partial charge in [0.1, 0.15) is 6.23 Å². The summed E-state index contributed by atoms with van der Waals surface area (Å²) in [6.45, 7) is 17.2. The lowest BCUT2D eigenvalue weighted by Crippen LogP contribution is -2.62. The van der Waals surface area contributed by atoms with Crippen molar-refractivity contribution in [2.45, 2.75) is 60.6 Å². The Bertz CT molecular complexity index is 1410. The zero-order valence-corrected chi connectivity index (χ0v) is 26.7. The highest BCUT2D eigenvalue weighted by Crippen LogP contribution is 2.41. The summed E-state index contributed by atoms with van der Waals surface area (Å²) < 4.78 is 12.9. The minimum Gasteiger partial charge on any atom is -0.415 e. The van der Waals surface area contributed by atoms with E-state index in [0.717, 1.165) is 61.8 Å². The van der Waals surface area contributed by atoms with E-state index in [9.17, 15) is 9.90 Å². The Morgan fingerprint density at radius 2 is 1.93 bits per heavy atom. The molecule has 1 saturated heterocycles. The quantitative estimate of drug-likeness (QED) is 0.233. The number of carbonyl (C=O) groups excluding carboxylic acids is 1. The second-order valence-electron chi connectivity index (χ2n) is 13.6. The predicted molar refractivity (Wildman–Crippen MR) is 169 cm³/mol. The van der Waals surface area contributed by atoms with Crippen LogP contribution in [0.3, 0.4) is 0 Å². The van der Waals surface area contributed by atoms with E-state index in [1.807, 2.05) is 19.9 Å². The van der Waals surface area contributed by atoms with E-state index < -0.39 is 11.6 Å². The Kier molecular flexibility index (Phi) is 8.34. The first-order chi connectivity index (χ1) is 19.3. The molecule has 0 saturated carbocycles. The number of ether oxygens (including phenoxy) is 1. The van der Waals surface area contributed by atoms with Crippen LogP contribution in [0.2, 0.25) is 5.02 Å². The van der Waals surface area contributed by atoms with Gasteiger partial charge in [-0.2, -0.15) is 4.37 Å². The molecule has 1 fully saturated rings. The van der Waals surface area contributed by atoms with Gasteiger partial charge in [0.15, 0.2) is 5.82 Å². The third-order valence-electron chi connectivity index (χ3n) is 9.59. The Morgan fingerprint density at radius 1 is 1.22 bits per heavy atom. The van der Waals surface area contributed by atoms with Gasteiger partial charge in [0.05, 0.1) is 42.8 Å². The number of hydrogen-bond donors (Lipinski definition) is 2. The molecule has 41 heavy (non-hydrogen) atoms. The normalized spacial score (nSPS) is 19.6. The molecule has 0 radical (unpaired) electrons. The number of quaternary nitrogens is 1. The van der Waals surface area contributed by atoms with Crippen molar-refractivity contribution in [3.05, 3.63) is 52.5 Å². The maximum atomic E-state index is 13.5. The summed E-state index contributed by atoms with van der Waals surface area (Å²) in [5.41, 5.74) is 2.46. The van der Waals surface area contributed by atoms with E-state index >= 15 is 0 Å². The molecule has 0 amide bonds. The second kappa shape index (κ2) is 11.4. The first kappa shape index (κ1) is 30.1. The molecule has 0 bridgehead atoms. The first-order valence-electron chi connectivity index (χ1n) is 14.7. The van der Waals surface area contributed by atoms with E-state index in [2.05, 4.69) is 68.2 Å². The highest BCUT2D eigenvalue weighted by atomic mass is 35.5. The molecule has 2 N–H and O–H groups in total. The van der Waals surface area contributed by atoms with Crippen LogP contribution in [-0.4, -0.2) is 65.6 Å². The van der Waals surface area contributed by atoms with Crippen LogP contribution in [0.1, 0.15) is 52.7 Å². The van der Waals surface area contributed by atoms with Crippen LogP contribution >= 0.6 is 23.1 Å². The number of halogens is 1. The van der Waals surface area contributed by atoms with E-state index in [4.69, 9.17) is 20.7 Å². The van der Waals surface area contributed by atoms with Crippen LogP contribution in [0.4, 0.5) is 11.5 Å². The molecule has 1 aromatic heterocycles. The van der Waals surface area contributed by atoms with Gasteiger partial charge in [0, 0.05) is 28.9 Å². The van der Waals surface area contributed by atoms with Gasteiger partial charge in [0.2, 0.25) is 6.73 Å². The number of rotatable bonds is 8. The Hall–Kier alpha value is -2.39. The number of benzene rings is 2. The van der Waals surface area contributed by atoms with Gasteiger partial charge in [0.25, 0.3) is 0 Å². The molecule has 9 heteroatoms. The minimum absolute atomic E-state index is 0.0105. The number of aromatic nitrogens is 1. The standard InChI is InChI=1S/C32H44ClN4O3S/c1-21(31(2,3)4)32(5,6)30(39)40-20-37(14-11-22-17-23-18-28(38)34-26(23)19-25(22)33)15-12-36(13-16-37)29-24-9-7-8-10-27(24)41-35-29/h7-10,17,19,21,28,34,38H,11-16,18,20H2,1-6H3/q+1. The lowest BCUT2D eigenvalue weighted by atomic mass is 9.67. The number of aliphatic hydroxyl groups excluding tert-OH is 1. The van der Waals surface area contributed by atoms with E-state index in [0.29, 0.717) is 22.7 Å². The fourth-order valence-electron chi connectivity index (χ4n) is 6.22. The van der Waals surface area contributed by atoms with Crippen LogP contribution in [0.25, 0.3) is 10.1 Å². The molecule has 2 unspecified atom stereocenters. The molecular formula is C32H44ClN4O3S+. The number of carbonyl (C=O) groups is 1.